The van der Waals surface area contributed by atoms with Crippen LogP contribution in [0.25, 0.3) is 6.08 Å². The van der Waals surface area contributed by atoms with Crippen molar-refractivity contribution in [2.45, 2.75) is 26.5 Å². The zero-order chi connectivity index (χ0) is 19.9. The highest BCUT2D eigenvalue weighted by molar-refractivity contribution is 7.09. The number of nitrogens with one attached hydrogen (secondary N) is 1. The van der Waals surface area contributed by atoms with E-state index in [1.807, 2.05) is 36.6 Å². The molecule has 2 aromatic carbocycles. The van der Waals surface area contributed by atoms with E-state index in [0.29, 0.717) is 17.9 Å². The molecule has 1 unspecified atom stereocenters. The number of amides is 1. The van der Waals surface area contributed by atoms with Gasteiger partial charge >= 0.3 is 0 Å². The Morgan fingerprint density at radius 3 is 2.86 bits per heavy atom. The number of aromatic nitrogens is 1. The lowest BCUT2D eigenvalue weighted by Crippen LogP contribution is -2.25. The Kier molecular flexibility index (Phi) is 6.55. The average Bonchev–Trinajstić information content (AvgIpc) is 3.10. The average molecular weight is 396 g/mol. The molecule has 4 nitrogen and oxygen atoms in total. The first kappa shape index (κ1) is 19.8. The summed E-state index contributed by atoms with van der Waals surface area (Å²) in [6, 6.07) is 13.4. The normalized spacial score (nSPS) is 12.1. The minimum atomic E-state index is -0.422. The Morgan fingerprint density at radius 1 is 1.29 bits per heavy atom. The first-order chi connectivity index (χ1) is 13.5. The summed E-state index contributed by atoms with van der Waals surface area (Å²) in [6.07, 6.45) is 3.13. The van der Waals surface area contributed by atoms with Gasteiger partial charge in [-0.1, -0.05) is 30.3 Å². The predicted octanol–water partition coefficient (Wildman–Crippen LogP) is 5.06. The number of aryl methyl sites for hydroxylation is 1. The van der Waals surface area contributed by atoms with Gasteiger partial charge in [0.15, 0.2) is 0 Å². The zero-order valence-corrected chi connectivity index (χ0v) is 16.5. The van der Waals surface area contributed by atoms with E-state index < -0.39 is 6.04 Å². The Bertz CT molecular complexity index is 984. The summed E-state index contributed by atoms with van der Waals surface area (Å²) in [5.41, 5.74) is 2.18. The molecule has 1 amide bonds. The molecule has 1 N–H and O–H groups in total. The lowest BCUT2D eigenvalue weighted by atomic mass is 10.1. The quantitative estimate of drug-likeness (QED) is 0.568. The summed E-state index contributed by atoms with van der Waals surface area (Å²) < 4.78 is 19.6. The highest BCUT2D eigenvalue weighted by Gasteiger charge is 2.11. The number of benzene rings is 2. The maximum absolute atomic E-state index is 13.8. The number of ether oxygens (including phenoxy) is 1. The number of hydrogen-bond donors (Lipinski definition) is 1. The molecule has 0 radical (unpaired) electrons. The molecule has 0 bridgehead atoms. The fraction of sp³-hybridized carbons (Fsp3) is 0.182. The van der Waals surface area contributed by atoms with E-state index in [1.165, 1.54) is 12.1 Å². The summed E-state index contributed by atoms with van der Waals surface area (Å²) in [5, 5.41) is 5.74. The molecule has 0 aliphatic heterocycles. The molecule has 0 aliphatic carbocycles. The van der Waals surface area contributed by atoms with Crippen LogP contribution in [0.1, 0.15) is 34.8 Å². The van der Waals surface area contributed by atoms with Gasteiger partial charge in [-0.2, -0.15) is 0 Å². The van der Waals surface area contributed by atoms with Crippen LogP contribution in [0.4, 0.5) is 4.39 Å². The van der Waals surface area contributed by atoms with Gasteiger partial charge in [0.2, 0.25) is 5.91 Å². The third-order valence-electron chi connectivity index (χ3n) is 4.07. The van der Waals surface area contributed by atoms with Crippen LogP contribution in [0, 0.1) is 12.7 Å². The van der Waals surface area contributed by atoms with Gasteiger partial charge in [-0.15, -0.1) is 11.3 Å². The molecular weight excluding hydrogens is 375 g/mol. The van der Waals surface area contributed by atoms with Crippen LogP contribution < -0.4 is 10.1 Å². The van der Waals surface area contributed by atoms with Crippen LogP contribution >= 0.6 is 11.3 Å². The Balaban J connectivity index is 1.57. The molecule has 3 aromatic rings. The van der Waals surface area contributed by atoms with Gasteiger partial charge in [-0.25, -0.2) is 9.37 Å². The standard InChI is InChI=1S/C22H21FN2O2S/c1-15(20-8-3-4-9-21(20)23)24-22(26)11-10-17-6-5-7-19(12-17)27-13-18-14-28-16(2)25-18/h3-12,14-15H,13H2,1-2H3,(H,24,26)/b11-10+. The SMILES string of the molecule is Cc1nc(COc2cccc(/C=C/C(=O)NC(C)c3ccccc3F)c2)cs1. The van der Waals surface area contributed by atoms with Crippen molar-refractivity contribution in [1.29, 1.82) is 0 Å². The van der Waals surface area contributed by atoms with Gasteiger partial charge in [0.25, 0.3) is 0 Å². The zero-order valence-electron chi connectivity index (χ0n) is 15.7. The van der Waals surface area contributed by atoms with Crippen LogP contribution in [0.15, 0.2) is 60.0 Å². The number of halogens is 1. The smallest absolute Gasteiger partial charge is 0.244 e. The number of carbonyl (C=O) groups is 1. The Morgan fingerprint density at radius 2 is 2.11 bits per heavy atom. The van der Waals surface area contributed by atoms with Crippen molar-refractivity contribution in [1.82, 2.24) is 10.3 Å². The molecule has 0 fully saturated rings. The lowest BCUT2D eigenvalue weighted by Gasteiger charge is -2.13. The third kappa shape index (κ3) is 5.50. The molecule has 1 aromatic heterocycles. The molecular formula is C22H21FN2O2S. The fourth-order valence-electron chi connectivity index (χ4n) is 2.68. The number of rotatable bonds is 7. The minimum Gasteiger partial charge on any atom is -0.487 e. The molecule has 6 heteroatoms. The second-order valence-electron chi connectivity index (χ2n) is 6.30. The highest BCUT2D eigenvalue weighted by Crippen LogP contribution is 2.18. The summed E-state index contributed by atoms with van der Waals surface area (Å²) >= 11 is 1.59. The first-order valence-electron chi connectivity index (χ1n) is 8.88. The molecule has 0 saturated heterocycles. The van der Waals surface area contributed by atoms with E-state index in [4.69, 9.17) is 4.74 Å². The van der Waals surface area contributed by atoms with Gasteiger partial charge in [0, 0.05) is 17.0 Å². The van der Waals surface area contributed by atoms with Crippen LogP contribution in [-0.2, 0) is 11.4 Å². The van der Waals surface area contributed by atoms with E-state index in [0.717, 1.165) is 16.3 Å². The van der Waals surface area contributed by atoms with Gasteiger partial charge in [0.1, 0.15) is 18.2 Å². The number of thiazole rings is 1. The molecule has 1 heterocycles. The Hall–Kier alpha value is -2.99. The topological polar surface area (TPSA) is 51.2 Å². The third-order valence-corrected chi connectivity index (χ3v) is 4.89. The summed E-state index contributed by atoms with van der Waals surface area (Å²) in [5.74, 6) is 0.0763. The van der Waals surface area contributed by atoms with Crippen molar-refractivity contribution in [3.63, 3.8) is 0 Å². The van der Waals surface area contributed by atoms with Crippen molar-refractivity contribution in [2.75, 3.05) is 0 Å². The lowest BCUT2D eigenvalue weighted by molar-refractivity contribution is -0.117. The van der Waals surface area contributed by atoms with Crippen LogP contribution in [0.3, 0.4) is 0 Å². The first-order valence-corrected chi connectivity index (χ1v) is 9.76. The predicted molar refractivity (Wildman–Crippen MR) is 110 cm³/mol. The molecule has 0 aliphatic rings. The van der Waals surface area contributed by atoms with E-state index in [1.54, 1.807) is 42.5 Å². The summed E-state index contributed by atoms with van der Waals surface area (Å²) in [4.78, 5) is 16.5. The van der Waals surface area contributed by atoms with Gasteiger partial charge in [-0.05, 0) is 43.7 Å². The van der Waals surface area contributed by atoms with Crippen molar-refractivity contribution in [3.05, 3.63) is 87.6 Å². The van der Waals surface area contributed by atoms with Gasteiger partial charge < -0.3 is 10.1 Å². The second kappa shape index (κ2) is 9.28. The van der Waals surface area contributed by atoms with Crippen molar-refractivity contribution < 1.29 is 13.9 Å². The number of hydrogen-bond acceptors (Lipinski definition) is 4. The van der Waals surface area contributed by atoms with Gasteiger partial charge in [0.05, 0.1) is 16.7 Å². The molecule has 144 valence electrons. The van der Waals surface area contributed by atoms with Gasteiger partial charge in [-0.3, -0.25) is 4.79 Å². The largest absolute Gasteiger partial charge is 0.487 e. The van der Waals surface area contributed by atoms with Crippen LogP contribution in [0.5, 0.6) is 5.75 Å². The van der Waals surface area contributed by atoms with E-state index in [-0.39, 0.29) is 11.7 Å². The van der Waals surface area contributed by atoms with Crippen LogP contribution in [0.2, 0.25) is 0 Å². The molecule has 0 saturated carbocycles. The van der Waals surface area contributed by atoms with E-state index in [9.17, 15) is 9.18 Å². The molecule has 28 heavy (non-hydrogen) atoms. The Labute approximate surface area is 167 Å². The van der Waals surface area contributed by atoms with Crippen molar-refractivity contribution in [3.8, 4) is 5.75 Å². The molecule has 3 rings (SSSR count). The molecule has 0 spiro atoms. The van der Waals surface area contributed by atoms with Crippen LogP contribution in [-0.4, -0.2) is 10.9 Å². The summed E-state index contributed by atoms with van der Waals surface area (Å²) in [7, 11) is 0. The minimum absolute atomic E-state index is 0.292. The van der Waals surface area contributed by atoms with E-state index >= 15 is 0 Å². The fourth-order valence-corrected chi connectivity index (χ4v) is 3.27. The number of carbonyl (C=O) groups excluding carboxylic acids is 1. The van der Waals surface area contributed by atoms with Crippen molar-refractivity contribution >= 4 is 23.3 Å². The highest BCUT2D eigenvalue weighted by atomic mass is 32.1. The molecule has 1 atom stereocenters. The maximum atomic E-state index is 13.8. The summed E-state index contributed by atoms with van der Waals surface area (Å²) in [6.45, 7) is 4.11. The van der Waals surface area contributed by atoms with Crippen molar-refractivity contribution in [2.24, 2.45) is 0 Å². The maximum Gasteiger partial charge on any atom is 0.244 e. The monoisotopic (exact) mass is 396 g/mol. The van der Waals surface area contributed by atoms with E-state index in [2.05, 4.69) is 10.3 Å². The number of nitrogens with zero attached hydrogens (tertiary/aromatic N) is 1. The second-order valence-corrected chi connectivity index (χ2v) is 7.37.